The van der Waals surface area contributed by atoms with Crippen LogP contribution in [-0.4, -0.2) is 105 Å². The molecule has 0 unspecified atom stereocenters. The number of carbonyl (C=O) groups is 1. The van der Waals surface area contributed by atoms with Crippen LogP contribution in [0.1, 0.15) is 25.3 Å². The van der Waals surface area contributed by atoms with E-state index >= 15 is 0 Å². The van der Waals surface area contributed by atoms with Gasteiger partial charge in [-0.05, 0) is 84.6 Å². The van der Waals surface area contributed by atoms with Gasteiger partial charge in [0.1, 0.15) is 24.8 Å². The van der Waals surface area contributed by atoms with E-state index in [0.717, 1.165) is 90.5 Å². The fourth-order valence-electron chi connectivity index (χ4n) is 7.75. The molecule has 4 aliphatic rings. The number of likely N-dealkylation sites (tertiary alicyclic amines) is 2. The molecule has 0 saturated carbocycles. The molecule has 0 aliphatic carbocycles. The molecule has 48 heavy (non-hydrogen) atoms. The standard InChI is InChI=1S/C35H45BrN7O4P/c1-21-14-28(39-35-37-16-26(36)34(40-35)38-27-6-7-30-32(33(27)48(4)5)47-13-12-46-30)31(45-3)15-29(21)41-10-8-25(9-11-41)43-19-23-17-42(22(2)44)18-24(23)20-43/h6-7,14-16,23-25H,8-13,17-20H2,1-5H3,(H2,37,38,39,40)/t23-,24+. The van der Waals surface area contributed by atoms with Gasteiger partial charge in [0.05, 0.1) is 23.0 Å². The molecule has 2 atom stereocenters. The minimum absolute atomic E-state index is 0.219. The van der Waals surface area contributed by atoms with Gasteiger partial charge in [0.2, 0.25) is 11.9 Å². The van der Waals surface area contributed by atoms with Crippen LogP contribution in [0.15, 0.2) is 34.9 Å². The number of rotatable bonds is 8. The number of benzene rings is 2. The molecule has 0 radical (unpaired) electrons. The van der Waals surface area contributed by atoms with Crippen LogP contribution in [0.3, 0.4) is 0 Å². The van der Waals surface area contributed by atoms with Crippen molar-refractivity contribution in [3.8, 4) is 17.2 Å². The number of carbonyl (C=O) groups excluding carboxylic acids is 1. The Morgan fingerprint density at radius 3 is 2.44 bits per heavy atom. The van der Waals surface area contributed by atoms with E-state index in [9.17, 15) is 4.79 Å². The van der Waals surface area contributed by atoms with Gasteiger partial charge in [-0.3, -0.25) is 9.69 Å². The van der Waals surface area contributed by atoms with Crippen molar-refractivity contribution in [2.24, 2.45) is 11.8 Å². The summed E-state index contributed by atoms with van der Waals surface area (Å²) in [5.74, 6) is 4.94. The van der Waals surface area contributed by atoms with Gasteiger partial charge in [0.15, 0.2) is 11.5 Å². The third-order valence-electron chi connectivity index (χ3n) is 10.2. The van der Waals surface area contributed by atoms with E-state index in [4.69, 9.17) is 19.2 Å². The molecule has 5 heterocycles. The van der Waals surface area contributed by atoms with Gasteiger partial charge >= 0.3 is 0 Å². The number of piperidine rings is 1. The first-order valence-electron chi connectivity index (χ1n) is 16.8. The van der Waals surface area contributed by atoms with E-state index in [1.807, 2.05) is 17.0 Å². The minimum Gasteiger partial charge on any atom is -0.494 e. The number of nitrogens with zero attached hydrogens (tertiary/aromatic N) is 5. The summed E-state index contributed by atoms with van der Waals surface area (Å²) in [5, 5.41) is 8.04. The lowest BCUT2D eigenvalue weighted by atomic mass is 10.0. The highest BCUT2D eigenvalue weighted by molar-refractivity contribution is 9.10. The summed E-state index contributed by atoms with van der Waals surface area (Å²) in [4.78, 5) is 28.5. The van der Waals surface area contributed by atoms with E-state index in [-0.39, 0.29) is 5.91 Å². The van der Waals surface area contributed by atoms with Crippen LogP contribution >= 0.6 is 23.9 Å². The third kappa shape index (κ3) is 6.63. The van der Waals surface area contributed by atoms with E-state index < -0.39 is 7.92 Å². The predicted octanol–water partition coefficient (Wildman–Crippen LogP) is 5.56. The number of halogens is 1. The zero-order valence-electron chi connectivity index (χ0n) is 28.4. The fourth-order valence-corrected chi connectivity index (χ4v) is 9.23. The van der Waals surface area contributed by atoms with Gasteiger partial charge < -0.3 is 34.6 Å². The fraction of sp³-hybridized carbons (Fsp3) is 0.514. The summed E-state index contributed by atoms with van der Waals surface area (Å²) >= 11 is 3.64. The van der Waals surface area contributed by atoms with Crippen LogP contribution in [0.25, 0.3) is 0 Å². The van der Waals surface area contributed by atoms with Crippen molar-refractivity contribution in [1.82, 2.24) is 19.8 Å². The van der Waals surface area contributed by atoms with Gasteiger partial charge in [-0.25, -0.2) is 4.98 Å². The Morgan fingerprint density at radius 2 is 1.75 bits per heavy atom. The van der Waals surface area contributed by atoms with Gasteiger partial charge in [-0.2, -0.15) is 4.98 Å². The first-order valence-corrected chi connectivity index (χ1v) is 19.8. The Balaban J connectivity index is 1.03. The lowest BCUT2D eigenvalue weighted by Crippen LogP contribution is -2.45. The Labute approximate surface area is 292 Å². The van der Waals surface area contributed by atoms with Crippen LogP contribution < -0.4 is 35.0 Å². The molecular weight excluding hydrogens is 693 g/mol. The smallest absolute Gasteiger partial charge is 0.229 e. The van der Waals surface area contributed by atoms with Crippen molar-refractivity contribution >= 4 is 63.9 Å². The molecule has 1 amide bonds. The third-order valence-corrected chi connectivity index (χ3v) is 12.1. The number of methoxy groups -OCH3 is 1. The Kier molecular flexibility index (Phi) is 9.59. The highest BCUT2D eigenvalue weighted by atomic mass is 79.9. The first kappa shape index (κ1) is 33.2. The number of ether oxygens (including phenoxy) is 3. The van der Waals surface area contributed by atoms with E-state index in [1.165, 1.54) is 11.3 Å². The Hall–Kier alpha value is -3.34. The zero-order valence-corrected chi connectivity index (χ0v) is 30.9. The second kappa shape index (κ2) is 13.9. The lowest BCUT2D eigenvalue weighted by molar-refractivity contribution is -0.128. The summed E-state index contributed by atoms with van der Waals surface area (Å²) in [6, 6.07) is 8.85. The topological polar surface area (TPSA) is 104 Å². The van der Waals surface area contributed by atoms with Crippen molar-refractivity contribution in [3.05, 3.63) is 40.5 Å². The van der Waals surface area contributed by atoms with Gasteiger partial charge in [-0.1, -0.05) is 7.92 Å². The van der Waals surface area contributed by atoms with Crippen LogP contribution in [-0.2, 0) is 4.79 Å². The van der Waals surface area contributed by atoms with E-state index in [0.29, 0.717) is 42.9 Å². The summed E-state index contributed by atoms with van der Waals surface area (Å²) in [6.45, 7) is 15.5. The molecule has 2 N–H and O–H groups in total. The van der Waals surface area contributed by atoms with Crippen LogP contribution in [0.5, 0.6) is 17.2 Å². The summed E-state index contributed by atoms with van der Waals surface area (Å²) in [7, 11) is 1.21. The second-order valence-electron chi connectivity index (χ2n) is 13.5. The number of amides is 1. The molecule has 256 valence electrons. The van der Waals surface area contributed by atoms with Crippen molar-refractivity contribution in [1.29, 1.82) is 0 Å². The SMILES string of the molecule is COc1cc(N2CCC(N3C[C@H]4CN(C(C)=O)C[C@H]4C3)CC2)c(C)cc1Nc1ncc(Br)c(Nc2ccc3c(c2P(C)C)OCCO3)n1. The first-order chi connectivity index (χ1) is 23.2. The lowest BCUT2D eigenvalue weighted by Gasteiger charge is -2.39. The van der Waals surface area contributed by atoms with Crippen LogP contribution in [0, 0.1) is 18.8 Å². The van der Waals surface area contributed by atoms with E-state index in [1.54, 1.807) is 20.2 Å². The molecule has 2 aromatic carbocycles. The quantitative estimate of drug-likeness (QED) is 0.286. The largest absolute Gasteiger partial charge is 0.494 e. The molecular formula is C35H45BrN7O4P. The monoisotopic (exact) mass is 737 g/mol. The molecule has 4 aliphatic heterocycles. The van der Waals surface area contributed by atoms with Gasteiger partial charge in [0, 0.05) is 75.5 Å². The number of aryl methyl sites for hydroxylation is 1. The van der Waals surface area contributed by atoms with Crippen LogP contribution in [0.4, 0.5) is 28.8 Å². The molecule has 7 rings (SSSR count). The summed E-state index contributed by atoms with van der Waals surface area (Å²) in [6.07, 6.45) is 4.03. The summed E-state index contributed by atoms with van der Waals surface area (Å²) < 4.78 is 18.5. The highest BCUT2D eigenvalue weighted by Gasteiger charge is 2.43. The molecule has 3 fully saturated rings. The number of hydrogen-bond donors (Lipinski definition) is 2. The van der Waals surface area contributed by atoms with Crippen molar-refractivity contribution in [2.75, 3.05) is 88.5 Å². The number of aromatic nitrogens is 2. The molecule has 13 heteroatoms. The number of nitrogens with one attached hydrogen (secondary N) is 2. The molecule has 3 saturated heterocycles. The maximum atomic E-state index is 11.8. The second-order valence-corrected chi connectivity index (χ2v) is 16.6. The minimum atomic E-state index is -0.491. The molecule has 0 bridgehead atoms. The number of anilines is 5. The average Bonchev–Trinajstić information content (AvgIpc) is 3.67. The average molecular weight is 739 g/mol. The molecule has 11 nitrogen and oxygen atoms in total. The number of hydrogen-bond acceptors (Lipinski definition) is 10. The van der Waals surface area contributed by atoms with Crippen LogP contribution in [0.2, 0.25) is 0 Å². The van der Waals surface area contributed by atoms with Crippen molar-refractivity contribution < 1.29 is 19.0 Å². The Morgan fingerprint density at radius 1 is 1.02 bits per heavy atom. The maximum absolute atomic E-state index is 11.8. The Bertz CT molecular complexity index is 1670. The molecule has 0 spiro atoms. The molecule has 1 aromatic heterocycles. The summed E-state index contributed by atoms with van der Waals surface area (Å²) in [5.41, 5.74) is 4.13. The van der Waals surface area contributed by atoms with Crippen molar-refractivity contribution in [2.45, 2.75) is 32.7 Å². The highest BCUT2D eigenvalue weighted by Crippen LogP contribution is 2.42. The predicted molar refractivity (Wildman–Crippen MR) is 196 cm³/mol. The number of fused-ring (bicyclic) bond motifs is 2. The normalized spacial score (nSPS) is 21.1. The maximum Gasteiger partial charge on any atom is 0.229 e. The van der Waals surface area contributed by atoms with Gasteiger partial charge in [0.25, 0.3) is 0 Å². The van der Waals surface area contributed by atoms with E-state index in [2.05, 4.69) is 73.7 Å². The van der Waals surface area contributed by atoms with Crippen molar-refractivity contribution in [3.63, 3.8) is 0 Å². The zero-order chi connectivity index (χ0) is 33.5. The molecule has 3 aromatic rings. The van der Waals surface area contributed by atoms with Gasteiger partial charge in [-0.15, -0.1) is 0 Å².